The standard InChI is InChI=1S/C22H28N4O4/c1-24(15-26-21(28)18-4-2-3-5-19(18)22(26)29)14-20(27)23-16-6-8-17(9-7-16)25-10-12-30-13-11-25/h2-3,6-9,18-19H,4-5,10-15H2,1H3,(H,23,27)/t18-,19-/m1/s1. The highest BCUT2D eigenvalue weighted by molar-refractivity contribution is 6.05. The zero-order valence-corrected chi connectivity index (χ0v) is 17.3. The molecule has 3 aliphatic rings. The summed E-state index contributed by atoms with van der Waals surface area (Å²) in [6.07, 6.45) is 5.18. The van der Waals surface area contributed by atoms with Gasteiger partial charge in [0.15, 0.2) is 0 Å². The normalized spacial score (nSPS) is 23.8. The molecule has 2 atom stereocenters. The van der Waals surface area contributed by atoms with Crippen molar-refractivity contribution < 1.29 is 19.1 Å². The smallest absolute Gasteiger partial charge is 0.238 e. The Kier molecular flexibility index (Phi) is 6.15. The molecule has 2 heterocycles. The summed E-state index contributed by atoms with van der Waals surface area (Å²) in [5.74, 6) is -0.917. The van der Waals surface area contributed by atoms with Crippen LogP contribution in [-0.4, -0.2) is 74.1 Å². The average molecular weight is 412 g/mol. The van der Waals surface area contributed by atoms with Gasteiger partial charge in [-0.3, -0.25) is 24.2 Å². The molecule has 8 nitrogen and oxygen atoms in total. The number of likely N-dealkylation sites (tertiary alicyclic amines) is 1. The first-order valence-corrected chi connectivity index (χ1v) is 10.4. The van der Waals surface area contributed by atoms with E-state index in [1.54, 1.807) is 11.9 Å². The summed E-state index contributed by atoms with van der Waals surface area (Å²) < 4.78 is 5.37. The molecule has 160 valence electrons. The Bertz CT molecular complexity index is 806. The molecule has 0 unspecified atom stereocenters. The van der Waals surface area contributed by atoms with Gasteiger partial charge in [-0.15, -0.1) is 0 Å². The monoisotopic (exact) mass is 412 g/mol. The fourth-order valence-electron chi connectivity index (χ4n) is 4.32. The van der Waals surface area contributed by atoms with E-state index >= 15 is 0 Å². The van der Waals surface area contributed by atoms with Crippen LogP contribution in [0, 0.1) is 11.8 Å². The van der Waals surface area contributed by atoms with E-state index in [4.69, 9.17) is 4.74 Å². The van der Waals surface area contributed by atoms with E-state index in [0.717, 1.165) is 37.7 Å². The van der Waals surface area contributed by atoms with Crippen molar-refractivity contribution >= 4 is 29.1 Å². The molecule has 2 saturated heterocycles. The summed E-state index contributed by atoms with van der Waals surface area (Å²) in [4.78, 5) is 42.8. The largest absolute Gasteiger partial charge is 0.378 e. The highest BCUT2D eigenvalue weighted by Crippen LogP contribution is 2.34. The molecule has 30 heavy (non-hydrogen) atoms. The van der Waals surface area contributed by atoms with Crippen LogP contribution in [0.5, 0.6) is 0 Å². The number of ether oxygens (including phenoxy) is 1. The summed E-state index contributed by atoms with van der Waals surface area (Å²) >= 11 is 0. The Balaban J connectivity index is 1.27. The van der Waals surface area contributed by atoms with Gasteiger partial charge in [0.05, 0.1) is 38.3 Å². The van der Waals surface area contributed by atoms with Crippen LogP contribution in [0.3, 0.4) is 0 Å². The van der Waals surface area contributed by atoms with Crippen LogP contribution >= 0.6 is 0 Å². The molecule has 1 aliphatic carbocycles. The van der Waals surface area contributed by atoms with E-state index in [0.29, 0.717) is 12.8 Å². The zero-order valence-electron chi connectivity index (χ0n) is 17.3. The van der Waals surface area contributed by atoms with E-state index in [1.807, 2.05) is 36.4 Å². The van der Waals surface area contributed by atoms with Crippen molar-refractivity contribution in [3.8, 4) is 0 Å². The summed E-state index contributed by atoms with van der Waals surface area (Å²) in [7, 11) is 1.74. The number of fused-ring (bicyclic) bond motifs is 1. The number of carbonyl (C=O) groups excluding carboxylic acids is 3. The third-order valence-electron chi connectivity index (χ3n) is 5.92. The third kappa shape index (κ3) is 4.39. The highest BCUT2D eigenvalue weighted by atomic mass is 16.5. The summed E-state index contributed by atoms with van der Waals surface area (Å²) in [5, 5.41) is 2.88. The first-order valence-electron chi connectivity index (χ1n) is 10.4. The van der Waals surface area contributed by atoms with Crippen LogP contribution in [0.15, 0.2) is 36.4 Å². The SMILES string of the molecule is CN(CC(=O)Nc1ccc(N2CCOCC2)cc1)CN1C(=O)[C@@H]2CC=CC[C@H]2C1=O. The second-order valence-electron chi connectivity index (χ2n) is 8.11. The minimum atomic E-state index is -0.241. The second-order valence-corrected chi connectivity index (χ2v) is 8.11. The lowest BCUT2D eigenvalue weighted by atomic mass is 9.85. The first kappa shape index (κ1) is 20.6. The van der Waals surface area contributed by atoms with Crippen molar-refractivity contribution in [3.05, 3.63) is 36.4 Å². The molecule has 2 aliphatic heterocycles. The van der Waals surface area contributed by atoms with Crippen LogP contribution in [0.4, 0.5) is 11.4 Å². The van der Waals surface area contributed by atoms with E-state index < -0.39 is 0 Å². The van der Waals surface area contributed by atoms with Gasteiger partial charge in [-0.05, 0) is 44.2 Å². The molecular formula is C22H28N4O4. The molecule has 4 rings (SSSR count). The van der Waals surface area contributed by atoms with Crippen LogP contribution in [-0.2, 0) is 19.1 Å². The third-order valence-corrected chi connectivity index (χ3v) is 5.92. The quantitative estimate of drug-likeness (QED) is 0.560. The Morgan fingerprint density at radius 2 is 1.67 bits per heavy atom. The van der Waals surface area contributed by atoms with Crippen LogP contribution in [0.2, 0.25) is 0 Å². The predicted octanol–water partition coefficient (Wildman–Crippen LogP) is 1.30. The van der Waals surface area contributed by atoms with Gasteiger partial charge in [-0.2, -0.15) is 0 Å². The fourth-order valence-corrected chi connectivity index (χ4v) is 4.32. The number of morpholine rings is 1. The van der Waals surface area contributed by atoms with Crippen molar-refractivity contribution in [1.29, 1.82) is 0 Å². The molecule has 2 fully saturated rings. The number of nitrogens with zero attached hydrogens (tertiary/aromatic N) is 3. The topological polar surface area (TPSA) is 82.2 Å². The molecule has 0 radical (unpaired) electrons. The lowest BCUT2D eigenvalue weighted by Gasteiger charge is -2.29. The minimum absolute atomic E-state index is 0.0931. The predicted molar refractivity (Wildman–Crippen MR) is 113 cm³/mol. The molecule has 1 N–H and O–H groups in total. The second kappa shape index (κ2) is 8.97. The molecule has 0 aromatic heterocycles. The Morgan fingerprint density at radius 3 is 2.27 bits per heavy atom. The maximum Gasteiger partial charge on any atom is 0.238 e. The van der Waals surface area contributed by atoms with Crippen molar-refractivity contribution in [2.75, 3.05) is 56.8 Å². The number of allylic oxidation sites excluding steroid dienone is 2. The number of hydrogen-bond donors (Lipinski definition) is 1. The van der Waals surface area contributed by atoms with Gasteiger partial charge in [0, 0.05) is 24.5 Å². The molecule has 0 bridgehead atoms. The number of benzene rings is 1. The Labute approximate surface area is 176 Å². The lowest BCUT2D eigenvalue weighted by Crippen LogP contribution is -2.42. The van der Waals surface area contributed by atoms with Gasteiger partial charge in [-0.1, -0.05) is 12.2 Å². The number of anilines is 2. The van der Waals surface area contributed by atoms with E-state index in [9.17, 15) is 14.4 Å². The lowest BCUT2D eigenvalue weighted by molar-refractivity contribution is -0.142. The molecule has 1 aromatic rings. The van der Waals surface area contributed by atoms with Gasteiger partial charge < -0.3 is 15.0 Å². The van der Waals surface area contributed by atoms with Gasteiger partial charge >= 0.3 is 0 Å². The zero-order chi connectivity index (χ0) is 21.1. The van der Waals surface area contributed by atoms with Crippen molar-refractivity contribution in [3.63, 3.8) is 0 Å². The van der Waals surface area contributed by atoms with Crippen molar-refractivity contribution in [2.45, 2.75) is 12.8 Å². The van der Waals surface area contributed by atoms with Gasteiger partial charge in [0.25, 0.3) is 0 Å². The first-order chi connectivity index (χ1) is 14.5. The molecule has 0 saturated carbocycles. The number of carbonyl (C=O) groups is 3. The number of rotatable bonds is 6. The molecule has 0 spiro atoms. The van der Waals surface area contributed by atoms with E-state index in [-0.39, 0.29) is 42.8 Å². The van der Waals surface area contributed by atoms with Crippen molar-refractivity contribution in [2.24, 2.45) is 11.8 Å². The van der Waals surface area contributed by atoms with E-state index in [1.165, 1.54) is 4.90 Å². The summed E-state index contributed by atoms with van der Waals surface area (Å²) in [6.45, 7) is 3.41. The van der Waals surface area contributed by atoms with Crippen molar-refractivity contribution in [1.82, 2.24) is 9.80 Å². The minimum Gasteiger partial charge on any atom is -0.378 e. The maximum atomic E-state index is 12.6. The number of imide groups is 1. The van der Waals surface area contributed by atoms with E-state index in [2.05, 4.69) is 10.2 Å². The Morgan fingerprint density at radius 1 is 1.07 bits per heavy atom. The summed E-state index contributed by atoms with van der Waals surface area (Å²) in [6, 6.07) is 7.74. The number of hydrogen-bond acceptors (Lipinski definition) is 6. The number of likely N-dealkylation sites (N-methyl/N-ethyl adjacent to an activating group) is 1. The van der Waals surface area contributed by atoms with Crippen LogP contribution < -0.4 is 10.2 Å². The van der Waals surface area contributed by atoms with Crippen LogP contribution in [0.25, 0.3) is 0 Å². The summed E-state index contributed by atoms with van der Waals surface area (Å²) in [5.41, 5.74) is 1.83. The molecular weight excluding hydrogens is 384 g/mol. The number of amides is 3. The van der Waals surface area contributed by atoms with Crippen LogP contribution in [0.1, 0.15) is 12.8 Å². The van der Waals surface area contributed by atoms with Gasteiger partial charge in [0.1, 0.15) is 0 Å². The van der Waals surface area contributed by atoms with Gasteiger partial charge in [0.2, 0.25) is 17.7 Å². The maximum absolute atomic E-state index is 12.6. The molecule has 8 heteroatoms. The fraction of sp³-hybridized carbons (Fsp3) is 0.500. The average Bonchev–Trinajstić information content (AvgIpc) is 3.00. The van der Waals surface area contributed by atoms with Gasteiger partial charge in [-0.25, -0.2) is 0 Å². The molecule has 3 amide bonds. The Hall–Kier alpha value is -2.71. The number of nitrogens with one attached hydrogen (secondary N) is 1. The molecule has 1 aromatic carbocycles. The highest BCUT2D eigenvalue weighted by Gasteiger charge is 2.47.